The fraction of sp³-hybridized carbons (Fsp3) is 0.176. The molecule has 5 nitrogen and oxygen atoms in total. The maximum atomic E-state index is 13.5. The number of ether oxygens (including phenoxy) is 1. The van der Waals surface area contributed by atoms with Gasteiger partial charge in [0.25, 0.3) is 5.91 Å². The molecule has 1 aliphatic heterocycles. The highest BCUT2D eigenvalue weighted by atomic mass is 19.1. The summed E-state index contributed by atoms with van der Waals surface area (Å²) in [5.41, 5.74) is 3.80. The second-order valence-electron chi connectivity index (χ2n) is 5.36. The SMILES string of the molecule is COC(=O)c1c(C)[nH]c(C=C2C(=O)Nc3ccc(F)cc32)c1C. The second-order valence-corrected chi connectivity index (χ2v) is 5.36. The summed E-state index contributed by atoms with van der Waals surface area (Å²) in [6, 6.07) is 4.13. The quantitative estimate of drug-likeness (QED) is 0.661. The molecule has 2 N–H and O–H groups in total. The van der Waals surface area contributed by atoms with E-state index in [1.54, 1.807) is 19.9 Å². The largest absolute Gasteiger partial charge is 0.465 e. The fourth-order valence-electron chi connectivity index (χ4n) is 2.77. The number of anilines is 1. The Morgan fingerprint density at radius 2 is 2.04 bits per heavy atom. The minimum Gasteiger partial charge on any atom is -0.465 e. The number of halogens is 1. The molecule has 1 aliphatic rings. The lowest BCUT2D eigenvalue weighted by atomic mass is 10.0. The van der Waals surface area contributed by atoms with Crippen LogP contribution in [-0.2, 0) is 9.53 Å². The average Bonchev–Trinajstić information content (AvgIpc) is 2.96. The number of nitrogens with one attached hydrogen (secondary N) is 2. The summed E-state index contributed by atoms with van der Waals surface area (Å²) in [5, 5.41) is 2.69. The van der Waals surface area contributed by atoms with E-state index in [2.05, 4.69) is 10.3 Å². The first-order valence-electron chi connectivity index (χ1n) is 7.02. The van der Waals surface area contributed by atoms with Gasteiger partial charge in [-0.05, 0) is 43.7 Å². The Kier molecular flexibility index (Phi) is 3.52. The summed E-state index contributed by atoms with van der Waals surface area (Å²) in [5.74, 6) is -1.17. The van der Waals surface area contributed by atoms with Gasteiger partial charge in [0, 0.05) is 22.6 Å². The first-order chi connectivity index (χ1) is 10.9. The highest BCUT2D eigenvalue weighted by molar-refractivity contribution is 6.34. The molecule has 0 saturated carbocycles. The summed E-state index contributed by atoms with van der Waals surface area (Å²) in [7, 11) is 1.32. The molecule has 0 saturated heterocycles. The predicted octanol–water partition coefficient (Wildman–Crippen LogP) is 3.05. The van der Waals surface area contributed by atoms with E-state index >= 15 is 0 Å². The van der Waals surface area contributed by atoms with Gasteiger partial charge in [-0.15, -0.1) is 0 Å². The van der Waals surface area contributed by atoms with Gasteiger partial charge in [0.15, 0.2) is 0 Å². The van der Waals surface area contributed by atoms with Gasteiger partial charge in [0.05, 0.1) is 18.2 Å². The van der Waals surface area contributed by atoms with Crippen LogP contribution in [0, 0.1) is 19.7 Å². The van der Waals surface area contributed by atoms with E-state index in [9.17, 15) is 14.0 Å². The summed E-state index contributed by atoms with van der Waals surface area (Å²) >= 11 is 0. The number of hydrogen-bond acceptors (Lipinski definition) is 3. The van der Waals surface area contributed by atoms with Gasteiger partial charge in [-0.2, -0.15) is 0 Å². The van der Waals surface area contributed by atoms with E-state index in [-0.39, 0.29) is 5.91 Å². The maximum Gasteiger partial charge on any atom is 0.339 e. The van der Waals surface area contributed by atoms with Crippen molar-refractivity contribution in [2.24, 2.45) is 0 Å². The first kappa shape index (κ1) is 15.0. The summed E-state index contributed by atoms with van der Waals surface area (Å²) in [6.07, 6.45) is 1.62. The molecule has 1 amide bonds. The van der Waals surface area contributed by atoms with Gasteiger partial charge in [-0.3, -0.25) is 4.79 Å². The van der Waals surface area contributed by atoms with Gasteiger partial charge in [0.1, 0.15) is 5.82 Å². The Balaban J connectivity index is 2.12. The Morgan fingerprint density at radius 1 is 1.30 bits per heavy atom. The second kappa shape index (κ2) is 5.39. The molecule has 2 aromatic rings. The van der Waals surface area contributed by atoms with Crippen LogP contribution in [0.5, 0.6) is 0 Å². The van der Waals surface area contributed by atoms with E-state index in [4.69, 9.17) is 4.74 Å². The van der Waals surface area contributed by atoms with Crippen LogP contribution in [0.3, 0.4) is 0 Å². The van der Waals surface area contributed by atoms with Gasteiger partial charge in [0.2, 0.25) is 0 Å². The van der Waals surface area contributed by atoms with E-state index in [0.29, 0.717) is 39.3 Å². The van der Waals surface area contributed by atoms with Crippen LogP contribution in [0.2, 0.25) is 0 Å². The zero-order valence-corrected chi connectivity index (χ0v) is 12.9. The normalized spacial score (nSPS) is 14.8. The molecule has 2 heterocycles. The van der Waals surface area contributed by atoms with Crippen molar-refractivity contribution in [3.05, 3.63) is 52.1 Å². The lowest BCUT2D eigenvalue weighted by Gasteiger charge is -2.00. The molecule has 23 heavy (non-hydrogen) atoms. The number of rotatable bonds is 2. The van der Waals surface area contributed by atoms with Crippen molar-refractivity contribution in [2.75, 3.05) is 12.4 Å². The van der Waals surface area contributed by atoms with Crippen LogP contribution in [0.4, 0.5) is 10.1 Å². The molecule has 0 bridgehead atoms. The Labute approximate surface area is 132 Å². The highest BCUT2D eigenvalue weighted by Gasteiger charge is 2.26. The number of benzene rings is 1. The molecular weight excluding hydrogens is 299 g/mol. The summed E-state index contributed by atoms with van der Waals surface area (Å²) in [4.78, 5) is 27.0. The van der Waals surface area contributed by atoms with Crippen molar-refractivity contribution >= 4 is 29.2 Å². The number of hydrogen-bond donors (Lipinski definition) is 2. The third-order valence-corrected chi connectivity index (χ3v) is 3.92. The van der Waals surface area contributed by atoms with E-state index in [1.807, 2.05) is 0 Å². The third kappa shape index (κ3) is 2.42. The van der Waals surface area contributed by atoms with Gasteiger partial charge in [-0.25, -0.2) is 9.18 Å². The van der Waals surface area contributed by atoms with E-state index in [0.717, 1.165) is 0 Å². The van der Waals surface area contributed by atoms with Gasteiger partial charge in [-0.1, -0.05) is 0 Å². The van der Waals surface area contributed by atoms with Crippen LogP contribution < -0.4 is 5.32 Å². The molecule has 0 radical (unpaired) electrons. The molecule has 0 unspecified atom stereocenters. The standard InChI is InChI=1S/C17H15FN2O3/c1-8-14(19-9(2)15(8)17(22)23-3)7-12-11-6-10(18)4-5-13(11)20-16(12)21/h4-7,19H,1-3H3,(H,20,21). The van der Waals surface area contributed by atoms with Gasteiger partial charge < -0.3 is 15.0 Å². The van der Waals surface area contributed by atoms with Crippen LogP contribution in [-0.4, -0.2) is 24.0 Å². The molecule has 1 aromatic carbocycles. The van der Waals surface area contributed by atoms with Crippen molar-refractivity contribution in [1.29, 1.82) is 0 Å². The van der Waals surface area contributed by atoms with Crippen molar-refractivity contribution in [2.45, 2.75) is 13.8 Å². The monoisotopic (exact) mass is 314 g/mol. The lowest BCUT2D eigenvalue weighted by Crippen LogP contribution is -2.04. The number of H-pyrrole nitrogens is 1. The number of carbonyl (C=O) groups excluding carboxylic acids is 2. The topological polar surface area (TPSA) is 71.2 Å². The molecule has 118 valence electrons. The lowest BCUT2D eigenvalue weighted by molar-refractivity contribution is -0.110. The number of carbonyl (C=O) groups is 2. The number of aryl methyl sites for hydroxylation is 1. The zero-order valence-electron chi connectivity index (χ0n) is 12.9. The summed E-state index contributed by atoms with van der Waals surface area (Å²) in [6.45, 7) is 3.52. The maximum absolute atomic E-state index is 13.5. The number of aromatic nitrogens is 1. The molecule has 6 heteroatoms. The van der Waals surface area contributed by atoms with Crippen molar-refractivity contribution in [3.63, 3.8) is 0 Å². The van der Waals surface area contributed by atoms with Crippen molar-refractivity contribution in [1.82, 2.24) is 4.98 Å². The zero-order chi connectivity index (χ0) is 16.7. The van der Waals surface area contributed by atoms with E-state index in [1.165, 1.54) is 25.3 Å². The number of aromatic amines is 1. The number of methoxy groups -OCH3 is 1. The average molecular weight is 314 g/mol. The molecule has 3 rings (SSSR count). The number of fused-ring (bicyclic) bond motifs is 1. The fourth-order valence-corrected chi connectivity index (χ4v) is 2.77. The predicted molar refractivity (Wildman–Crippen MR) is 84.5 cm³/mol. The van der Waals surface area contributed by atoms with Gasteiger partial charge >= 0.3 is 5.97 Å². The first-order valence-corrected chi connectivity index (χ1v) is 7.02. The van der Waals surface area contributed by atoms with Crippen molar-refractivity contribution < 1.29 is 18.7 Å². The van der Waals surface area contributed by atoms with Crippen LogP contribution in [0.15, 0.2) is 18.2 Å². The van der Waals surface area contributed by atoms with Crippen LogP contribution in [0.1, 0.15) is 32.9 Å². The Bertz CT molecular complexity index is 865. The minimum atomic E-state index is -0.441. The molecule has 0 spiro atoms. The van der Waals surface area contributed by atoms with Crippen molar-refractivity contribution in [3.8, 4) is 0 Å². The number of amides is 1. The third-order valence-electron chi connectivity index (χ3n) is 3.92. The molecule has 0 aliphatic carbocycles. The Morgan fingerprint density at radius 3 is 2.74 bits per heavy atom. The number of esters is 1. The highest BCUT2D eigenvalue weighted by Crippen LogP contribution is 2.34. The summed E-state index contributed by atoms with van der Waals surface area (Å²) < 4.78 is 18.2. The molecule has 0 fully saturated rings. The molecular formula is C17H15FN2O3. The van der Waals surface area contributed by atoms with Crippen LogP contribution >= 0.6 is 0 Å². The van der Waals surface area contributed by atoms with Crippen LogP contribution in [0.25, 0.3) is 11.6 Å². The molecule has 1 aromatic heterocycles. The smallest absolute Gasteiger partial charge is 0.339 e. The Hall–Kier alpha value is -2.89. The molecule has 0 atom stereocenters. The minimum absolute atomic E-state index is 0.308. The van der Waals surface area contributed by atoms with E-state index < -0.39 is 11.8 Å².